The van der Waals surface area contributed by atoms with E-state index in [-0.39, 0.29) is 29.9 Å². The van der Waals surface area contributed by atoms with Crippen LogP contribution < -0.4 is 21.3 Å². The Morgan fingerprint density at radius 2 is 1.76 bits per heavy atom. The molecule has 2 heterocycles. The fraction of sp³-hybridized carbons (Fsp3) is 0.258. The van der Waals surface area contributed by atoms with Gasteiger partial charge in [0.2, 0.25) is 5.95 Å². The van der Waals surface area contributed by atoms with Crippen LogP contribution in [0.25, 0.3) is 11.4 Å². The summed E-state index contributed by atoms with van der Waals surface area (Å²) in [5.74, 6) is 0.514. The van der Waals surface area contributed by atoms with Gasteiger partial charge in [-0.05, 0) is 46.9 Å². The van der Waals surface area contributed by atoms with Crippen molar-refractivity contribution in [3.05, 3.63) is 94.8 Å². The zero-order valence-electron chi connectivity index (χ0n) is 23.3. The maximum atomic E-state index is 13.0. The first-order valence-corrected chi connectivity index (χ1v) is 13.4. The molecule has 4 aromatic rings. The minimum atomic E-state index is -0.346. The quantitative estimate of drug-likeness (QED) is 0.268. The van der Waals surface area contributed by atoms with E-state index in [1.54, 1.807) is 35.2 Å². The molecule has 5 rings (SSSR count). The molecular formula is C31H33N7O3. The molecule has 0 spiro atoms. The highest BCUT2D eigenvalue weighted by atomic mass is 16.3. The average molecular weight is 552 g/mol. The Morgan fingerprint density at radius 3 is 2.39 bits per heavy atom. The molecule has 0 saturated carbocycles. The summed E-state index contributed by atoms with van der Waals surface area (Å²) in [5, 5.41) is 16.0. The van der Waals surface area contributed by atoms with Crippen LogP contribution in [0.5, 0.6) is 0 Å². The SMILES string of the molecule is CC(C)(C)c1ccc(C(=O)Nc2cccc(-c3nc(N)nc(Cc4ccc(N5CCNC5=O)cc4)n3)c2CO)cc1. The Morgan fingerprint density at radius 1 is 1.02 bits per heavy atom. The van der Waals surface area contributed by atoms with Crippen molar-refractivity contribution >= 4 is 29.3 Å². The summed E-state index contributed by atoms with van der Waals surface area (Å²) in [4.78, 5) is 39.9. The maximum Gasteiger partial charge on any atom is 0.321 e. The number of benzene rings is 3. The highest BCUT2D eigenvalue weighted by Crippen LogP contribution is 2.29. The number of aliphatic hydroxyl groups excluding tert-OH is 1. The zero-order valence-corrected chi connectivity index (χ0v) is 23.3. The van der Waals surface area contributed by atoms with E-state index in [4.69, 9.17) is 5.73 Å². The number of urea groups is 1. The Labute approximate surface area is 238 Å². The molecule has 1 aromatic heterocycles. The average Bonchev–Trinajstić information content (AvgIpc) is 3.38. The second-order valence-corrected chi connectivity index (χ2v) is 10.9. The van der Waals surface area contributed by atoms with E-state index in [9.17, 15) is 14.7 Å². The number of carbonyl (C=O) groups is 2. The minimum absolute atomic E-state index is 0.0200. The number of aromatic nitrogens is 3. The van der Waals surface area contributed by atoms with Crippen molar-refractivity contribution in [2.75, 3.05) is 29.0 Å². The van der Waals surface area contributed by atoms with Gasteiger partial charge in [0.1, 0.15) is 5.82 Å². The molecule has 0 aliphatic carbocycles. The predicted octanol–water partition coefficient (Wildman–Crippen LogP) is 4.28. The number of nitrogens with zero attached hydrogens (tertiary/aromatic N) is 4. The Hall–Kier alpha value is -4.83. The number of anilines is 3. The molecule has 5 N–H and O–H groups in total. The van der Waals surface area contributed by atoms with Crippen molar-refractivity contribution in [2.24, 2.45) is 0 Å². The first kappa shape index (κ1) is 27.7. The molecule has 10 heteroatoms. The third kappa shape index (κ3) is 6.17. The van der Waals surface area contributed by atoms with Crippen LogP contribution in [-0.4, -0.2) is 45.1 Å². The van der Waals surface area contributed by atoms with E-state index in [0.29, 0.717) is 53.5 Å². The van der Waals surface area contributed by atoms with Crippen LogP contribution in [0.15, 0.2) is 66.7 Å². The molecular weight excluding hydrogens is 518 g/mol. The van der Waals surface area contributed by atoms with Crippen LogP contribution in [0.3, 0.4) is 0 Å². The number of rotatable bonds is 7. The van der Waals surface area contributed by atoms with Gasteiger partial charge in [-0.25, -0.2) is 9.78 Å². The maximum absolute atomic E-state index is 13.0. The Balaban J connectivity index is 1.37. The van der Waals surface area contributed by atoms with Crippen LogP contribution in [0.4, 0.5) is 22.1 Å². The van der Waals surface area contributed by atoms with Crippen molar-refractivity contribution < 1.29 is 14.7 Å². The lowest BCUT2D eigenvalue weighted by molar-refractivity contribution is 0.102. The van der Waals surface area contributed by atoms with Gasteiger partial charge < -0.3 is 21.5 Å². The number of nitrogen functional groups attached to an aromatic ring is 1. The lowest BCUT2D eigenvalue weighted by Gasteiger charge is -2.19. The van der Waals surface area contributed by atoms with Crippen molar-refractivity contribution in [3.8, 4) is 11.4 Å². The van der Waals surface area contributed by atoms with Crippen molar-refractivity contribution in [1.82, 2.24) is 20.3 Å². The molecule has 3 aromatic carbocycles. The fourth-order valence-electron chi connectivity index (χ4n) is 4.73. The molecule has 0 unspecified atom stereocenters. The molecule has 3 amide bonds. The summed E-state index contributed by atoms with van der Waals surface area (Å²) in [7, 11) is 0. The molecule has 0 radical (unpaired) electrons. The number of nitrogens with two attached hydrogens (primary N) is 1. The highest BCUT2D eigenvalue weighted by Gasteiger charge is 2.21. The van der Waals surface area contributed by atoms with E-state index in [2.05, 4.69) is 46.4 Å². The summed E-state index contributed by atoms with van der Waals surface area (Å²) in [5.41, 5.74) is 10.9. The number of nitrogens with one attached hydrogen (secondary N) is 2. The molecule has 1 aliphatic rings. The van der Waals surface area contributed by atoms with Gasteiger partial charge in [-0.15, -0.1) is 0 Å². The van der Waals surface area contributed by atoms with Crippen molar-refractivity contribution in [3.63, 3.8) is 0 Å². The molecule has 1 aliphatic heterocycles. The Bertz CT molecular complexity index is 1580. The number of carbonyl (C=O) groups excluding carboxylic acids is 2. The van der Waals surface area contributed by atoms with Crippen molar-refractivity contribution in [2.45, 2.75) is 39.2 Å². The minimum Gasteiger partial charge on any atom is -0.392 e. The van der Waals surface area contributed by atoms with Crippen LogP contribution in [0, 0.1) is 0 Å². The monoisotopic (exact) mass is 551 g/mol. The summed E-state index contributed by atoms with van der Waals surface area (Å²) < 4.78 is 0. The summed E-state index contributed by atoms with van der Waals surface area (Å²) >= 11 is 0. The van der Waals surface area contributed by atoms with Gasteiger partial charge in [0.05, 0.1) is 6.61 Å². The van der Waals surface area contributed by atoms with Gasteiger partial charge in [-0.1, -0.05) is 57.2 Å². The van der Waals surface area contributed by atoms with E-state index in [1.165, 1.54) is 0 Å². The van der Waals surface area contributed by atoms with Gasteiger partial charge >= 0.3 is 6.03 Å². The normalized spacial score (nSPS) is 13.3. The van der Waals surface area contributed by atoms with Gasteiger partial charge in [0.25, 0.3) is 5.91 Å². The third-order valence-electron chi connectivity index (χ3n) is 7.00. The topological polar surface area (TPSA) is 146 Å². The number of amides is 3. The van der Waals surface area contributed by atoms with E-state index in [1.807, 2.05) is 36.4 Å². The highest BCUT2D eigenvalue weighted by molar-refractivity contribution is 6.05. The summed E-state index contributed by atoms with van der Waals surface area (Å²) in [6.07, 6.45) is 0.391. The van der Waals surface area contributed by atoms with Crippen LogP contribution in [-0.2, 0) is 18.4 Å². The predicted molar refractivity (Wildman–Crippen MR) is 159 cm³/mol. The molecule has 0 atom stereocenters. The first-order valence-electron chi connectivity index (χ1n) is 13.4. The molecule has 10 nitrogen and oxygen atoms in total. The number of hydrogen-bond donors (Lipinski definition) is 4. The van der Waals surface area contributed by atoms with Gasteiger partial charge in [0.15, 0.2) is 5.82 Å². The lowest BCUT2D eigenvalue weighted by atomic mass is 9.86. The fourth-order valence-corrected chi connectivity index (χ4v) is 4.73. The van der Waals surface area contributed by atoms with Gasteiger partial charge in [0, 0.05) is 47.6 Å². The molecule has 41 heavy (non-hydrogen) atoms. The van der Waals surface area contributed by atoms with E-state index < -0.39 is 0 Å². The smallest absolute Gasteiger partial charge is 0.321 e. The number of hydrogen-bond acceptors (Lipinski definition) is 7. The van der Waals surface area contributed by atoms with Gasteiger partial charge in [-0.3, -0.25) is 9.69 Å². The second kappa shape index (κ2) is 11.3. The summed E-state index contributed by atoms with van der Waals surface area (Å²) in [6.45, 7) is 7.26. The molecule has 0 bridgehead atoms. The molecule has 210 valence electrons. The third-order valence-corrected chi connectivity index (χ3v) is 7.00. The summed E-state index contributed by atoms with van der Waals surface area (Å²) in [6, 6.07) is 20.3. The number of aliphatic hydroxyl groups is 1. The zero-order chi connectivity index (χ0) is 29.1. The first-order chi connectivity index (χ1) is 19.6. The van der Waals surface area contributed by atoms with Gasteiger partial charge in [-0.2, -0.15) is 9.97 Å². The van der Waals surface area contributed by atoms with Crippen molar-refractivity contribution in [1.29, 1.82) is 0 Å². The Kier molecular flexibility index (Phi) is 7.67. The molecule has 1 fully saturated rings. The van der Waals surface area contributed by atoms with Crippen LogP contribution in [0.1, 0.15) is 53.6 Å². The van der Waals surface area contributed by atoms with Crippen LogP contribution >= 0.6 is 0 Å². The van der Waals surface area contributed by atoms with Crippen LogP contribution in [0.2, 0.25) is 0 Å². The largest absolute Gasteiger partial charge is 0.392 e. The van der Waals surface area contributed by atoms with E-state index in [0.717, 1.165) is 16.8 Å². The van der Waals surface area contributed by atoms with E-state index >= 15 is 0 Å². The molecule has 1 saturated heterocycles. The second-order valence-electron chi connectivity index (χ2n) is 10.9. The lowest BCUT2D eigenvalue weighted by Crippen LogP contribution is -2.27. The standard InChI is InChI=1S/C31H33N7O3/c1-31(2,3)21-11-9-20(10-12-21)28(40)34-25-6-4-5-23(24(25)18-39)27-35-26(36-29(32)37-27)17-19-7-13-22(14-8-19)38-16-15-33-30(38)41/h4-14,39H,15-18H2,1-3H3,(H,33,41)(H,34,40)(H2,32,35,36,37).